The molecule has 0 unspecified atom stereocenters. The van der Waals surface area contributed by atoms with Crippen molar-refractivity contribution in [2.75, 3.05) is 19.6 Å². The van der Waals surface area contributed by atoms with Crippen LogP contribution in [-0.2, 0) is 19.2 Å². The first-order valence-electron chi connectivity index (χ1n) is 9.62. The molecule has 0 N–H and O–H groups in total. The largest absolute Gasteiger partial charge is 0.342 e. The van der Waals surface area contributed by atoms with Crippen molar-refractivity contribution in [3.8, 4) is 0 Å². The number of ketones is 1. The number of hydrogen-bond donors (Lipinski definition) is 0. The summed E-state index contributed by atoms with van der Waals surface area (Å²) in [7, 11) is 0. The first-order valence-corrected chi connectivity index (χ1v) is 9.62. The molecule has 3 amide bonds. The van der Waals surface area contributed by atoms with Crippen LogP contribution in [0.2, 0.25) is 0 Å². The van der Waals surface area contributed by atoms with Crippen LogP contribution in [-0.4, -0.2) is 52.9 Å². The summed E-state index contributed by atoms with van der Waals surface area (Å²) < 4.78 is 0. The Morgan fingerprint density at radius 3 is 1.88 bits per heavy atom. The molecule has 25 heavy (non-hydrogen) atoms. The number of rotatable bonds is 10. The van der Waals surface area contributed by atoms with Crippen LogP contribution in [0.4, 0.5) is 0 Å². The van der Waals surface area contributed by atoms with Crippen LogP contribution in [0, 0.1) is 0 Å². The van der Waals surface area contributed by atoms with Crippen LogP contribution in [0.1, 0.15) is 78.1 Å². The monoisotopic (exact) mass is 352 g/mol. The lowest BCUT2D eigenvalue weighted by Gasteiger charge is -2.26. The molecule has 0 atom stereocenters. The predicted octanol–water partition coefficient (Wildman–Crippen LogP) is 2.69. The van der Waals surface area contributed by atoms with E-state index in [1.807, 2.05) is 13.8 Å². The van der Waals surface area contributed by atoms with E-state index in [1.165, 1.54) is 4.90 Å². The second-order valence-electron chi connectivity index (χ2n) is 6.67. The average molecular weight is 352 g/mol. The van der Waals surface area contributed by atoms with Crippen molar-refractivity contribution < 1.29 is 19.2 Å². The zero-order chi connectivity index (χ0) is 18.7. The van der Waals surface area contributed by atoms with Gasteiger partial charge in [0, 0.05) is 51.7 Å². The Morgan fingerprint density at radius 1 is 0.880 bits per heavy atom. The minimum Gasteiger partial charge on any atom is -0.342 e. The van der Waals surface area contributed by atoms with Crippen LogP contribution in [0.3, 0.4) is 0 Å². The fourth-order valence-electron chi connectivity index (χ4n) is 2.87. The van der Waals surface area contributed by atoms with E-state index in [0.29, 0.717) is 58.2 Å². The molecule has 0 saturated carbocycles. The number of imide groups is 1. The van der Waals surface area contributed by atoms with Crippen LogP contribution in [0.5, 0.6) is 0 Å². The highest BCUT2D eigenvalue weighted by molar-refractivity contribution is 5.95. The lowest BCUT2D eigenvalue weighted by molar-refractivity contribution is -0.146. The van der Waals surface area contributed by atoms with Crippen molar-refractivity contribution in [3.63, 3.8) is 0 Å². The first-order chi connectivity index (χ1) is 12.0. The maximum Gasteiger partial charge on any atom is 0.229 e. The number of nitrogens with zero attached hydrogens (tertiary/aromatic N) is 2. The van der Waals surface area contributed by atoms with Crippen molar-refractivity contribution in [2.45, 2.75) is 78.1 Å². The highest BCUT2D eigenvalue weighted by Gasteiger charge is 2.23. The predicted molar refractivity (Wildman–Crippen MR) is 95.8 cm³/mol. The van der Waals surface area contributed by atoms with Gasteiger partial charge >= 0.3 is 0 Å². The molecule has 1 aliphatic rings. The van der Waals surface area contributed by atoms with Gasteiger partial charge in [-0.05, 0) is 19.3 Å². The molecule has 6 heteroatoms. The van der Waals surface area contributed by atoms with E-state index in [2.05, 4.69) is 0 Å². The van der Waals surface area contributed by atoms with Gasteiger partial charge in [0.15, 0.2) is 0 Å². The minimum absolute atomic E-state index is 0.00876. The number of hydrogen-bond acceptors (Lipinski definition) is 4. The van der Waals surface area contributed by atoms with Gasteiger partial charge in [-0.3, -0.25) is 24.1 Å². The molecule has 0 bridgehead atoms. The van der Waals surface area contributed by atoms with Crippen LogP contribution in [0.15, 0.2) is 0 Å². The standard InChI is InChI=1S/C19H32N2O4/c1-3-5-8-18(24)21(19(25)9-6-4-2)13-7-10-17(23)20-14-11-16(22)12-15-20/h3-15H2,1-2H3. The molecular weight excluding hydrogens is 320 g/mol. The third-order valence-electron chi connectivity index (χ3n) is 4.54. The molecule has 6 nitrogen and oxygen atoms in total. The summed E-state index contributed by atoms with van der Waals surface area (Å²) in [5, 5.41) is 0. The Morgan fingerprint density at radius 2 is 1.40 bits per heavy atom. The van der Waals surface area contributed by atoms with Gasteiger partial charge in [0.1, 0.15) is 5.78 Å². The van der Waals surface area contributed by atoms with E-state index >= 15 is 0 Å². The molecule has 0 aliphatic carbocycles. The zero-order valence-electron chi connectivity index (χ0n) is 15.7. The highest BCUT2D eigenvalue weighted by atomic mass is 16.2. The van der Waals surface area contributed by atoms with Crippen LogP contribution < -0.4 is 0 Å². The van der Waals surface area contributed by atoms with E-state index in [0.717, 1.165) is 25.7 Å². The Balaban J connectivity index is 2.47. The zero-order valence-corrected chi connectivity index (χ0v) is 15.7. The second-order valence-corrected chi connectivity index (χ2v) is 6.67. The summed E-state index contributed by atoms with van der Waals surface area (Å²) in [5.41, 5.74) is 0. The summed E-state index contributed by atoms with van der Waals surface area (Å²) in [5.74, 6) is -0.0364. The van der Waals surface area contributed by atoms with Gasteiger partial charge in [0.05, 0.1) is 0 Å². The van der Waals surface area contributed by atoms with Crippen molar-refractivity contribution in [1.82, 2.24) is 9.80 Å². The Labute approximate surface area is 150 Å². The number of likely N-dealkylation sites (tertiary alicyclic amines) is 1. The molecule has 0 aromatic rings. The van der Waals surface area contributed by atoms with Crippen molar-refractivity contribution in [3.05, 3.63) is 0 Å². The Kier molecular flexibility index (Phi) is 10.0. The van der Waals surface area contributed by atoms with Crippen molar-refractivity contribution >= 4 is 23.5 Å². The van der Waals surface area contributed by atoms with Crippen molar-refractivity contribution in [1.29, 1.82) is 0 Å². The number of piperidine rings is 1. The molecule has 1 fully saturated rings. The first kappa shape index (κ1) is 21.3. The van der Waals surface area contributed by atoms with Crippen LogP contribution >= 0.6 is 0 Å². The molecule has 1 aliphatic heterocycles. The summed E-state index contributed by atoms with van der Waals surface area (Å²) in [6.45, 7) is 5.32. The van der Waals surface area contributed by atoms with Gasteiger partial charge in [0.25, 0.3) is 0 Å². The summed E-state index contributed by atoms with van der Waals surface area (Å²) in [4.78, 5) is 51.1. The number of amides is 3. The molecule has 0 aromatic carbocycles. The van der Waals surface area contributed by atoms with Gasteiger partial charge in [-0.2, -0.15) is 0 Å². The summed E-state index contributed by atoms with van der Waals surface area (Å²) >= 11 is 0. The lowest BCUT2D eigenvalue weighted by atomic mass is 10.1. The molecule has 142 valence electrons. The normalized spacial score (nSPS) is 14.5. The maximum absolute atomic E-state index is 12.3. The van der Waals surface area contributed by atoms with Gasteiger partial charge in [-0.25, -0.2) is 0 Å². The fraction of sp³-hybridized carbons (Fsp3) is 0.789. The molecule has 1 heterocycles. The van der Waals surface area contributed by atoms with E-state index < -0.39 is 0 Å². The fourth-order valence-corrected chi connectivity index (χ4v) is 2.87. The average Bonchev–Trinajstić information content (AvgIpc) is 2.61. The van der Waals surface area contributed by atoms with Gasteiger partial charge in [0.2, 0.25) is 17.7 Å². The van der Waals surface area contributed by atoms with Gasteiger partial charge in [-0.1, -0.05) is 26.7 Å². The summed E-state index contributed by atoms with van der Waals surface area (Å²) in [6, 6.07) is 0. The van der Waals surface area contributed by atoms with E-state index in [9.17, 15) is 19.2 Å². The SMILES string of the molecule is CCCCC(=O)N(CCCC(=O)N1CCC(=O)CC1)C(=O)CCCC. The van der Waals surface area contributed by atoms with E-state index in [4.69, 9.17) is 0 Å². The van der Waals surface area contributed by atoms with E-state index in [1.54, 1.807) is 4.90 Å². The lowest BCUT2D eigenvalue weighted by Crippen LogP contribution is -2.40. The highest BCUT2D eigenvalue weighted by Crippen LogP contribution is 2.11. The number of Topliss-reactive ketones (excluding diaryl/α,β-unsaturated/α-hetero) is 1. The van der Waals surface area contributed by atoms with Gasteiger partial charge in [-0.15, -0.1) is 0 Å². The third-order valence-corrected chi connectivity index (χ3v) is 4.54. The molecule has 0 spiro atoms. The summed E-state index contributed by atoms with van der Waals surface area (Å²) in [6.07, 6.45) is 5.81. The third kappa shape index (κ3) is 7.80. The number of unbranched alkanes of at least 4 members (excludes halogenated alkanes) is 2. The van der Waals surface area contributed by atoms with Crippen LogP contribution in [0.25, 0.3) is 0 Å². The molecular formula is C19H32N2O4. The maximum atomic E-state index is 12.3. The smallest absolute Gasteiger partial charge is 0.229 e. The number of carbonyl (C=O) groups is 4. The Bertz CT molecular complexity index is 446. The van der Waals surface area contributed by atoms with Crippen molar-refractivity contribution in [2.24, 2.45) is 0 Å². The second kappa shape index (κ2) is 11.8. The minimum atomic E-state index is -0.126. The molecule has 1 rings (SSSR count). The topological polar surface area (TPSA) is 74.8 Å². The molecule has 0 radical (unpaired) electrons. The number of carbonyl (C=O) groups excluding carboxylic acids is 4. The quantitative estimate of drug-likeness (QED) is 0.606. The van der Waals surface area contributed by atoms with E-state index in [-0.39, 0.29) is 23.5 Å². The Hall–Kier alpha value is -1.72. The molecule has 0 aromatic heterocycles. The van der Waals surface area contributed by atoms with Gasteiger partial charge < -0.3 is 4.90 Å². The molecule has 1 saturated heterocycles.